The van der Waals surface area contributed by atoms with Gasteiger partial charge in [-0.1, -0.05) is 49.3 Å². The van der Waals surface area contributed by atoms with Gasteiger partial charge in [-0.15, -0.1) is 0 Å². The van der Waals surface area contributed by atoms with E-state index < -0.39 is 42.4 Å². The molecule has 2 atom stereocenters. The molecule has 0 fully saturated rings. The van der Waals surface area contributed by atoms with Gasteiger partial charge in [-0.25, -0.2) is 4.39 Å². The predicted octanol–water partition coefficient (Wildman–Crippen LogP) is 2.77. The molecule has 0 aliphatic carbocycles. The molecule has 0 saturated heterocycles. The lowest BCUT2D eigenvalue weighted by Crippen LogP contribution is -2.55. The van der Waals surface area contributed by atoms with E-state index in [0.717, 1.165) is 11.1 Å². The molecule has 2 N–H and O–H groups in total. The Morgan fingerprint density at radius 2 is 1.91 bits per heavy atom. The molecule has 0 spiro atoms. The van der Waals surface area contributed by atoms with E-state index in [9.17, 15) is 18.8 Å². The maximum Gasteiger partial charge on any atom is 0.305 e. The lowest BCUT2D eigenvalue weighted by Gasteiger charge is -2.30. The van der Waals surface area contributed by atoms with Gasteiger partial charge in [0.25, 0.3) is 5.91 Å². The van der Waals surface area contributed by atoms with E-state index in [1.807, 2.05) is 42.5 Å². The first kappa shape index (κ1) is 23.1. The standard InChI is InChI=1S/C23H24FN3O5/c1-14(2)23(22(31)26-18(11-21(29)30)20(28)13-24)12-19(27-32-23)17-10-16(8-9-25-17)15-6-4-3-5-7-15/h3-10,14,18H,11-13H2,1-2H3,(H,26,31)(H,29,30)/t18-,23?/m0/s1. The summed E-state index contributed by atoms with van der Waals surface area (Å²) in [6, 6.07) is 11.9. The number of aliphatic carboxylic acids is 1. The van der Waals surface area contributed by atoms with Crippen molar-refractivity contribution in [1.82, 2.24) is 10.3 Å². The minimum absolute atomic E-state index is 0.0609. The van der Waals surface area contributed by atoms with Crippen LogP contribution in [0.1, 0.15) is 32.4 Å². The van der Waals surface area contributed by atoms with E-state index in [0.29, 0.717) is 11.4 Å². The molecule has 1 amide bonds. The number of carboxylic acids is 1. The molecule has 1 aliphatic rings. The maximum atomic E-state index is 13.1. The number of nitrogens with zero attached hydrogens (tertiary/aromatic N) is 2. The monoisotopic (exact) mass is 441 g/mol. The number of aromatic nitrogens is 1. The molecule has 0 bridgehead atoms. The first-order valence-electron chi connectivity index (χ1n) is 10.1. The summed E-state index contributed by atoms with van der Waals surface area (Å²) in [7, 11) is 0. The number of carboxylic acid groups (broad SMARTS) is 1. The Bertz CT molecular complexity index is 1040. The number of pyridine rings is 1. The molecular formula is C23H24FN3O5. The molecule has 2 aromatic rings. The van der Waals surface area contributed by atoms with E-state index in [1.54, 1.807) is 20.0 Å². The van der Waals surface area contributed by atoms with Gasteiger partial charge in [0.15, 0.2) is 5.78 Å². The average Bonchev–Trinajstić information content (AvgIpc) is 3.25. The number of nitrogens with one attached hydrogen (secondary N) is 1. The molecule has 3 rings (SSSR count). The normalized spacial score (nSPS) is 18.6. The quantitative estimate of drug-likeness (QED) is 0.618. The second kappa shape index (κ2) is 9.67. The number of carbonyl (C=O) groups excluding carboxylic acids is 2. The van der Waals surface area contributed by atoms with Crippen LogP contribution in [0.3, 0.4) is 0 Å². The lowest BCUT2D eigenvalue weighted by atomic mass is 9.83. The molecule has 168 valence electrons. The third kappa shape index (κ3) is 4.82. The molecule has 0 radical (unpaired) electrons. The highest BCUT2D eigenvalue weighted by atomic mass is 19.1. The minimum atomic E-state index is -1.49. The van der Waals surface area contributed by atoms with Crippen LogP contribution in [0.5, 0.6) is 0 Å². The van der Waals surface area contributed by atoms with Crippen LogP contribution >= 0.6 is 0 Å². The number of rotatable bonds is 9. The van der Waals surface area contributed by atoms with E-state index >= 15 is 0 Å². The molecule has 1 aromatic heterocycles. The number of halogens is 1. The molecular weight excluding hydrogens is 417 g/mol. The molecule has 32 heavy (non-hydrogen) atoms. The van der Waals surface area contributed by atoms with Gasteiger partial charge in [0.2, 0.25) is 5.60 Å². The van der Waals surface area contributed by atoms with E-state index in [-0.39, 0.29) is 12.3 Å². The Hall–Kier alpha value is -3.62. The molecule has 9 heteroatoms. The van der Waals surface area contributed by atoms with Gasteiger partial charge in [-0.2, -0.15) is 0 Å². The summed E-state index contributed by atoms with van der Waals surface area (Å²) < 4.78 is 12.9. The Morgan fingerprint density at radius 3 is 2.53 bits per heavy atom. The maximum absolute atomic E-state index is 13.1. The topological polar surface area (TPSA) is 118 Å². The van der Waals surface area contributed by atoms with Gasteiger partial charge in [0.05, 0.1) is 12.1 Å². The smallest absolute Gasteiger partial charge is 0.305 e. The molecule has 1 aromatic carbocycles. The zero-order chi connectivity index (χ0) is 23.3. The second-order valence-corrected chi connectivity index (χ2v) is 7.87. The number of oxime groups is 1. The number of Topliss-reactive ketones (excluding diaryl/α,β-unsaturated/α-hetero) is 1. The summed E-state index contributed by atoms with van der Waals surface area (Å²) in [5, 5.41) is 15.4. The van der Waals surface area contributed by atoms with Gasteiger partial charge >= 0.3 is 5.97 Å². The van der Waals surface area contributed by atoms with Crippen molar-refractivity contribution in [2.45, 2.75) is 38.3 Å². The van der Waals surface area contributed by atoms with Crippen LogP contribution in [0.2, 0.25) is 0 Å². The van der Waals surface area contributed by atoms with Crippen LogP contribution in [0.15, 0.2) is 53.8 Å². The van der Waals surface area contributed by atoms with Crippen LogP contribution in [-0.4, -0.2) is 51.8 Å². The van der Waals surface area contributed by atoms with Gasteiger partial charge in [0, 0.05) is 18.5 Å². The van der Waals surface area contributed by atoms with Crippen molar-refractivity contribution >= 4 is 23.4 Å². The molecule has 1 unspecified atom stereocenters. The van der Waals surface area contributed by atoms with Crippen molar-refractivity contribution in [2.24, 2.45) is 11.1 Å². The second-order valence-electron chi connectivity index (χ2n) is 7.87. The first-order valence-corrected chi connectivity index (χ1v) is 10.1. The number of hydrogen-bond donors (Lipinski definition) is 2. The van der Waals surface area contributed by atoms with Crippen LogP contribution in [0.25, 0.3) is 11.1 Å². The molecule has 8 nitrogen and oxygen atoms in total. The van der Waals surface area contributed by atoms with E-state index in [4.69, 9.17) is 9.94 Å². The molecule has 2 heterocycles. The summed E-state index contributed by atoms with van der Waals surface area (Å²) in [5.41, 5.74) is 1.40. The highest BCUT2D eigenvalue weighted by molar-refractivity contribution is 6.05. The highest BCUT2D eigenvalue weighted by Gasteiger charge is 2.50. The van der Waals surface area contributed by atoms with Gasteiger partial charge < -0.3 is 15.3 Å². The number of alkyl halides is 1. The van der Waals surface area contributed by atoms with Crippen molar-refractivity contribution in [3.63, 3.8) is 0 Å². The third-order valence-electron chi connectivity index (χ3n) is 5.43. The fraction of sp³-hybridized carbons (Fsp3) is 0.348. The van der Waals surface area contributed by atoms with E-state index in [2.05, 4.69) is 15.5 Å². The van der Waals surface area contributed by atoms with Crippen molar-refractivity contribution in [1.29, 1.82) is 0 Å². The summed E-state index contributed by atoms with van der Waals surface area (Å²) in [5.74, 6) is -3.46. The number of ketones is 1. The number of amides is 1. The van der Waals surface area contributed by atoms with Crippen molar-refractivity contribution < 1.29 is 28.7 Å². The van der Waals surface area contributed by atoms with Crippen molar-refractivity contribution in [3.05, 3.63) is 54.4 Å². The van der Waals surface area contributed by atoms with Gasteiger partial charge in [-0.3, -0.25) is 19.4 Å². The third-order valence-corrected chi connectivity index (χ3v) is 5.43. The summed E-state index contributed by atoms with van der Waals surface area (Å²) >= 11 is 0. The largest absolute Gasteiger partial charge is 0.481 e. The zero-order valence-corrected chi connectivity index (χ0v) is 17.7. The number of benzene rings is 1. The fourth-order valence-corrected chi connectivity index (χ4v) is 3.47. The first-order chi connectivity index (χ1) is 15.3. The Balaban J connectivity index is 1.83. The number of hydrogen-bond acceptors (Lipinski definition) is 6. The van der Waals surface area contributed by atoms with Crippen molar-refractivity contribution in [3.8, 4) is 11.1 Å². The summed E-state index contributed by atoms with van der Waals surface area (Å²) in [6.07, 6.45) is 0.973. The summed E-state index contributed by atoms with van der Waals surface area (Å²) in [4.78, 5) is 45.9. The Labute approximate surface area is 184 Å². The van der Waals surface area contributed by atoms with Crippen LogP contribution in [-0.2, 0) is 19.2 Å². The fourth-order valence-electron chi connectivity index (χ4n) is 3.47. The zero-order valence-electron chi connectivity index (χ0n) is 17.7. The Morgan fingerprint density at radius 1 is 1.19 bits per heavy atom. The van der Waals surface area contributed by atoms with Crippen molar-refractivity contribution in [2.75, 3.05) is 6.67 Å². The average molecular weight is 441 g/mol. The lowest BCUT2D eigenvalue weighted by molar-refractivity contribution is -0.152. The molecule has 0 saturated carbocycles. The summed E-state index contributed by atoms with van der Waals surface area (Å²) in [6.45, 7) is 2.11. The molecule has 1 aliphatic heterocycles. The predicted molar refractivity (Wildman–Crippen MR) is 115 cm³/mol. The van der Waals surface area contributed by atoms with Crippen LogP contribution in [0.4, 0.5) is 4.39 Å². The van der Waals surface area contributed by atoms with Crippen LogP contribution in [0, 0.1) is 5.92 Å². The highest BCUT2D eigenvalue weighted by Crippen LogP contribution is 2.34. The van der Waals surface area contributed by atoms with E-state index in [1.165, 1.54) is 0 Å². The van der Waals surface area contributed by atoms with Gasteiger partial charge in [0.1, 0.15) is 18.4 Å². The SMILES string of the molecule is CC(C)C1(C(=O)N[C@@H](CC(=O)O)C(=O)CF)CC(c2cc(-c3ccccc3)ccn2)=NO1. The number of carbonyl (C=O) groups is 3. The van der Waals surface area contributed by atoms with Gasteiger partial charge in [-0.05, 0) is 23.3 Å². The minimum Gasteiger partial charge on any atom is -0.481 e. The Kier molecular flexibility index (Phi) is 6.97. The van der Waals surface area contributed by atoms with Crippen LogP contribution < -0.4 is 5.32 Å².